The molecule has 0 unspecified atom stereocenters. The van der Waals surface area contributed by atoms with E-state index in [0.29, 0.717) is 0 Å². The molecule has 0 fully saturated rings. The Hall–Kier alpha value is -0.893. The largest absolute Gasteiger partial charge is 0.393 e. The molecule has 0 saturated carbocycles. The lowest BCUT2D eigenvalue weighted by molar-refractivity contribution is -0.0115. The Morgan fingerprint density at radius 2 is 2.24 bits per heavy atom. The highest BCUT2D eigenvalue weighted by Crippen LogP contribution is 2.36. The minimum atomic E-state index is -1.09. The summed E-state index contributed by atoms with van der Waals surface area (Å²) in [5.74, 6) is 1.01. The summed E-state index contributed by atoms with van der Waals surface area (Å²) in [5.41, 5.74) is -0.335. The van der Waals surface area contributed by atoms with Gasteiger partial charge in [-0.15, -0.1) is 11.8 Å². The number of aliphatic hydroxyl groups excluding tert-OH is 1. The van der Waals surface area contributed by atoms with Gasteiger partial charge in [0.05, 0.1) is 6.61 Å². The fourth-order valence-corrected chi connectivity index (χ4v) is 5.63. The summed E-state index contributed by atoms with van der Waals surface area (Å²) < 4.78 is 7.22. The van der Waals surface area contributed by atoms with Crippen LogP contribution in [0.1, 0.15) is 6.23 Å². The number of thioether (sulfide) groups is 1. The van der Waals surface area contributed by atoms with E-state index >= 15 is 0 Å². The van der Waals surface area contributed by atoms with Crippen molar-refractivity contribution in [2.24, 2.45) is 0 Å². The first-order valence-electron chi connectivity index (χ1n) is 7.05. The van der Waals surface area contributed by atoms with E-state index in [4.69, 9.17) is 4.74 Å². The average Bonchev–Trinajstić information content (AvgIpc) is 2.81. The first-order valence-corrected chi connectivity index (χ1v) is 11.7. The van der Waals surface area contributed by atoms with Crippen LogP contribution < -0.4 is 5.69 Å². The van der Waals surface area contributed by atoms with Gasteiger partial charge in [0, 0.05) is 25.4 Å². The van der Waals surface area contributed by atoms with Gasteiger partial charge in [0.25, 0.3) is 0 Å². The second kappa shape index (κ2) is 6.91. The zero-order chi connectivity index (χ0) is 15.5. The van der Waals surface area contributed by atoms with Crippen molar-refractivity contribution in [1.82, 2.24) is 9.55 Å². The van der Waals surface area contributed by atoms with Crippen LogP contribution in [0.3, 0.4) is 0 Å². The summed E-state index contributed by atoms with van der Waals surface area (Å²) in [6.45, 7) is 6.94. The first-order chi connectivity index (χ1) is 9.90. The van der Waals surface area contributed by atoms with Crippen LogP contribution in [-0.4, -0.2) is 41.2 Å². The molecule has 1 aromatic heterocycles. The molecule has 1 aliphatic rings. The maximum absolute atomic E-state index is 11.9. The Kier molecular flexibility index (Phi) is 5.42. The molecule has 21 heavy (non-hydrogen) atoms. The highest BCUT2D eigenvalue weighted by atomic mass is 32.2. The van der Waals surface area contributed by atoms with Crippen LogP contribution in [0, 0.1) is 0 Å². The Morgan fingerprint density at radius 3 is 2.86 bits per heavy atom. The lowest BCUT2D eigenvalue weighted by Crippen LogP contribution is -2.28. The molecule has 0 radical (unpaired) electrons. The van der Waals surface area contributed by atoms with Crippen LogP contribution in [0.2, 0.25) is 25.7 Å². The zero-order valence-corrected chi connectivity index (χ0v) is 14.5. The molecule has 0 spiro atoms. The van der Waals surface area contributed by atoms with Crippen LogP contribution in [0.25, 0.3) is 0 Å². The summed E-state index contributed by atoms with van der Waals surface area (Å²) in [7, 11) is -1.09. The van der Waals surface area contributed by atoms with Gasteiger partial charge in [-0.2, -0.15) is 0 Å². The van der Waals surface area contributed by atoms with Crippen molar-refractivity contribution >= 4 is 19.8 Å². The maximum atomic E-state index is 11.9. The second-order valence-electron chi connectivity index (χ2n) is 6.25. The fourth-order valence-electron chi connectivity index (χ4n) is 1.98. The van der Waals surface area contributed by atoms with E-state index in [1.807, 2.05) is 6.08 Å². The summed E-state index contributed by atoms with van der Waals surface area (Å²) in [6, 6.07) is 2.91. The predicted octanol–water partition coefficient (Wildman–Crippen LogP) is 2.09. The number of hydrogen-bond donors (Lipinski definition) is 1. The number of ether oxygens (including phenoxy) is 1. The van der Waals surface area contributed by atoms with Crippen molar-refractivity contribution in [3.63, 3.8) is 0 Å². The van der Waals surface area contributed by atoms with E-state index in [0.717, 1.165) is 10.7 Å². The molecular weight excluding hydrogens is 304 g/mol. The van der Waals surface area contributed by atoms with Gasteiger partial charge in [-0.3, -0.25) is 4.57 Å². The highest BCUT2D eigenvalue weighted by Gasteiger charge is 2.29. The fraction of sp³-hybridized carbons (Fsp3) is 0.571. The Balaban J connectivity index is 2.12. The minimum absolute atomic E-state index is 0.0798. The minimum Gasteiger partial charge on any atom is -0.393 e. The van der Waals surface area contributed by atoms with E-state index in [9.17, 15) is 9.90 Å². The molecule has 0 bridgehead atoms. The van der Waals surface area contributed by atoms with Crippen molar-refractivity contribution in [3.8, 4) is 0 Å². The van der Waals surface area contributed by atoms with Gasteiger partial charge in [0.1, 0.15) is 6.10 Å². The Morgan fingerprint density at radius 1 is 1.48 bits per heavy atom. The number of hydrogen-bond acceptors (Lipinski definition) is 5. The monoisotopic (exact) mass is 326 g/mol. The van der Waals surface area contributed by atoms with Crippen molar-refractivity contribution in [3.05, 3.63) is 39.9 Å². The molecule has 2 atom stereocenters. The van der Waals surface area contributed by atoms with Crippen LogP contribution in [0.5, 0.6) is 0 Å². The van der Waals surface area contributed by atoms with Gasteiger partial charge in [-0.1, -0.05) is 19.6 Å². The van der Waals surface area contributed by atoms with E-state index < -0.39 is 14.3 Å². The SMILES string of the molecule is C[Si](C)(C)CCSC1=C[C@@H](CO)O[C@H]1n1cccnc1=O. The number of aromatic nitrogens is 2. The third kappa shape index (κ3) is 4.54. The number of aliphatic hydroxyl groups is 1. The smallest absolute Gasteiger partial charge is 0.349 e. The molecule has 7 heteroatoms. The van der Waals surface area contributed by atoms with E-state index in [2.05, 4.69) is 24.6 Å². The molecule has 116 valence electrons. The molecule has 0 amide bonds. The molecule has 1 aromatic rings. The van der Waals surface area contributed by atoms with Gasteiger partial charge in [0.15, 0.2) is 6.23 Å². The summed E-state index contributed by atoms with van der Waals surface area (Å²) >= 11 is 1.71. The van der Waals surface area contributed by atoms with Crippen molar-refractivity contribution in [2.75, 3.05) is 12.4 Å². The summed E-state index contributed by atoms with van der Waals surface area (Å²) in [4.78, 5) is 16.6. The van der Waals surface area contributed by atoms with Crippen molar-refractivity contribution in [1.29, 1.82) is 0 Å². The molecule has 1 aliphatic heterocycles. The lowest BCUT2D eigenvalue weighted by atomic mass is 10.4. The Bertz CT molecular complexity index is 568. The summed E-state index contributed by atoms with van der Waals surface area (Å²) in [5, 5.41) is 9.30. The lowest BCUT2D eigenvalue weighted by Gasteiger charge is -2.19. The normalized spacial score (nSPS) is 22.4. The van der Waals surface area contributed by atoms with Crippen LogP contribution in [0.4, 0.5) is 0 Å². The highest BCUT2D eigenvalue weighted by molar-refractivity contribution is 8.03. The quantitative estimate of drug-likeness (QED) is 0.811. The maximum Gasteiger partial charge on any atom is 0.349 e. The molecule has 5 nitrogen and oxygen atoms in total. The van der Waals surface area contributed by atoms with Gasteiger partial charge in [-0.05, 0) is 23.9 Å². The Labute approximate surface area is 130 Å². The predicted molar refractivity (Wildman–Crippen MR) is 88.2 cm³/mol. The van der Waals surface area contributed by atoms with Gasteiger partial charge < -0.3 is 9.84 Å². The average molecular weight is 326 g/mol. The molecule has 0 aromatic carbocycles. The third-order valence-electron chi connectivity index (χ3n) is 3.19. The van der Waals surface area contributed by atoms with Crippen molar-refractivity contribution < 1.29 is 9.84 Å². The van der Waals surface area contributed by atoms with Gasteiger partial charge in [-0.25, -0.2) is 9.78 Å². The standard InChI is InChI=1S/C14H22N2O3SSi/c1-21(2,3)8-7-20-12-9-11(10-17)19-13(12)16-6-4-5-15-14(16)18/h4-6,9,11,13,17H,7-8,10H2,1-3H3/t11-,13+/m0/s1. The first kappa shape index (κ1) is 16.5. The second-order valence-corrected chi connectivity index (χ2v) is 13.0. The molecule has 0 saturated heterocycles. The molecule has 2 heterocycles. The number of nitrogens with zero attached hydrogens (tertiary/aromatic N) is 2. The van der Waals surface area contributed by atoms with Gasteiger partial charge >= 0.3 is 5.69 Å². The van der Waals surface area contributed by atoms with E-state index in [1.165, 1.54) is 16.8 Å². The van der Waals surface area contributed by atoms with Crippen LogP contribution >= 0.6 is 11.8 Å². The van der Waals surface area contributed by atoms with Crippen molar-refractivity contribution in [2.45, 2.75) is 38.0 Å². The van der Waals surface area contributed by atoms with Gasteiger partial charge in [0.2, 0.25) is 0 Å². The van der Waals surface area contributed by atoms with Crippen LogP contribution in [-0.2, 0) is 4.74 Å². The molecular formula is C14H22N2O3SSi. The molecule has 1 N–H and O–H groups in total. The topological polar surface area (TPSA) is 64.3 Å². The van der Waals surface area contributed by atoms with E-state index in [-0.39, 0.29) is 18.4 Å². The summed E-state index contributed by atoms with van der Waals surface area (Å²) in [6.07, 6.45) is 4.25. The molecule has 2 rings (SSSR count). The van der Waals surface area contributed by atoms with Crippen LogP contribution in [0.15, 0.2) is 34.2 Å². The molecule has 0 aliphatic carbocycles. The van der Waals surface area contributed by atoms with E-state index in [1.54, 1.807) is 24.0 Å². The zero-order valence-electron chi connectivity index (χ0n) is 12.7. The third-order valence-corrected chi connectivity index (χ3v) is 6.38. The number of rotatable bonds is 6.